The van der Waals surface area contributed by atoms with E-state index in [1.54, 1.807) is 12.1 Å². The molecular weight excluding hydrogens is 364 g/mol. The van der Waals surface area contributed by atoms with E-state index in [1.165, 1.54) is 18.4 Å². The Kier molecular flexibility index (Phi) is 5.91. The van der Waals surface area contributed by atoms with Crippen molar-refractivity contribution in [1.29, 1.82) is 0 Å². The Hall–Kier alpha value is -2.67. The minimum atomic E-state index is -0.815. The zero-order chi connectivity index (χ0) is 19.4. The standard InChI is InChI=1S/C20H22N2O4S/c1-12-8-6-7-9-13(12)17(23)21-19-16(18(24)22-20(25)26-2)14-10-4-3-5-11-15(14)27-19/h6-9H,3-5,10-11H2,1-2H3,(H,21,23)(H,22,24,25). The summed E-state index contributed by atoms with van der Waals surface area (Å²) < 4.78 is 4.54. The van der Waals surface area contributed by atoms with Gasteiger partial charge >= 0.3 is 6.09 Å². The van der Waals surface area contributed by atoms with Crippen molar-refractivity contribution in [1.82, 2.24) is 5.32 Å². The number of imide groups is 1. The van der Waals surface area contributed by atoms with Gasteiger partial charge in [-0.2, -0.15) is 0 Å². The van der Waals surface area contributed by atoms with E-state index < -0.39 is 12.0 Å². The third kappa shape index (κ3) is 4.19. The molecule has 0 spiro atoms. The summed E-state index contributed by atoms with van der Waals surface area (Å²) in [6.45, 7) is 1.86. The van der Waals surface area contributed by atoms with E-state index >= 15 is 0 Å². The van der Waals surface area contributed by atoms with Crippen LogP contribution in [0, 0.1) is 6.92 Å². The molecule has 3 amide bonds. The van der Waals surface area contributed by atoms with Gasteiger partial charge < -0.3 is 10.1 Å². The number of ether oxygens (including phenoxy) is 1. The van der Waals surface area contributed by atoms with Crippen LogP contribution in [-0.4, -0.2) is 25.0 Å². The molecule has 0 unspecified atom stereocenters. The molecule has 1 aromatic heterocycles. The second-order valence-corrected chi connectivity index (χ2v) is 7.59. The maximum atomic E-state index is 12.7. The maximum absolute atomic E-state index is 12.7. The van der Waals surface area contributed by atoms with Gasteiger partial charge in [0.25, 0.3) is 11.8 Å². The van der Waals surface area contributed by atoms with Crippen molar-refractivity contribution in [3.63, 3.8) is 0 Å². The van der Waals surface area contributed by atoms with E-state index in [1.807, 2.05) is 19.1 Å². The SMILES string of the molecule is COC(=O)NC(=O)c1c(NC(=O)c2ccccc2C)sc2c1CCCCC2. The minimum Gasteiger partial charge on any atom is -0.453 e. The van der Waals surface area contributed by atoms with E-state index in [4.69, 9.17) is 0 Å². The highest BCUT2D eigenvalue weighted by Gasteiger charge is 2.27. The molecule has 1 aliphatic carbocycles. The lowest BCUT2D eigenvalue weighted by Crippen LogP contribution is -2.31. The summed E-state index contributed by atoms with van der Waals surface area (Å²) in [4.78, 5) is 38.1. The molecule has 27 heavy (non-hydrogen) atoms. The van der Waals surface area contributed by atoms with E-state index in [0.29, 0.717) is 16.1 Å². The van der Waals surface area contributed by atoms with E-state index in [9.17, 15) is 14.4 Å². The molecule has 6 nitrogen and oxygen atoms in total. The molecule has 1 aromatic carbocycles. The van der Waals surface area contributed by atoms with Crippen molar-refractivity contribution < 1.29 is 19.1 Å². The van der Waals surface area contributed by atoms with Gasteiger partial charge in [-0.25, -0.2) is 4.79 Å². The maximum Gasteiger partial charge on any atom is 0.413 e. The third-order valence-electron chi connectivity index (χ3n) is 4.67. The number of nitrogens with one attached hydrogen (secondary N) is 2. The average Bonchev–Trinajstić information content (AvgIpc) is 2.82. The van der Waals surface area contributed by atoms with Crippen molar-refractivity contribution in [3.05, 3.63) is 51.4 Å². The van der Waals surface area contributed by atoms with Crippen LogP contribution < -0.4 is 10.6 Å². The van der Waals surface area contributed by atoms with Gasteiger partial charge in [0, 0.05) is 10.4 Å². The largest absolute Gasteiger partial charge is 0.453 e. The van der Waals surface area contributed by atoms with Gasteiger partial charge in [0.05, 0.1) is 12.7 Å². The number of anilines is 1. The number of fused-ring (bicyclic) bond motifs is 1. The molecule has 1 aliphatic rings. The number of carbonyl (C=O) groups excluding carboxylic acids is 3. The van der Waals surface area contributed by atoms with Crippen LogP contribution in [0.2, 0.25) is 0 Å². The highest BCUT2D eigenvalue weighted by Crippen LogP contribution is 2.37. The number of hydrogen-bond acceptors (Lipinski definition) is 5. The topological polar surface area (TPSA) is 84.5 Å². The molecule has 7 heteroatoms. The Labute approximate surface area is 161 Å². The minimum absolute atomic E-state index is 0.267. The number of alkyl carbamates (subject to hydrolysis) is 1. The lowest BCUT2D eigenvalue weighted by atomic mass is 10.0. The van der Waals surface area contributed by atoms with Gasteiger partial charge in [-0.3, -0.25) is 14.9 Å². The summed E-state index contributed by atoms with van der Waals surface area (Å²) in [5.41, 5.74) is 2.72. The van der Waals surface area contributed by atoms with Crippen LogP contribution in [0.25, 0.3) is 0 Å². The van der Waals surface area contributed by atoms with E-state index in [-0.39, 0.29) is 5.91 Å². The fourth-order valence-corrected chi connectivity index (χ4v) is 4.56. The van der Waals surface area contributed by atoms with Crippen molar-refractivity contribution in [2.45, 2.75) is 39.0 Å². The van der Waals surface area contributed by atoms with Crippen LogP contribution in [0.3, 0.4) is 0 Å². The van der Waals surface area contributed by atoms with Gasteiger partial charge in [0.15, 0.2) is 0 Å². The molecule has 0 radical (unpaired) electrons. The Bertz CT molecular complexity index is 888. The molecule has 0 saturated carbocycles. The van der Waals surface area contributed by atoms with Gasteiger partial charge in [-0.15, -0.1) is 11.3 Å². The summed E-state index contributed by atoms with van der Waals surface area (Å²) in [7, 11) is 1.21. The molecule has 0 aliphatic heterocycles. The average molecular weight is 386 g/mol. The van der Waals surface area contributed by atoms with Crippen molar-refractivity contribution >= 4 is 34.2 Å². The Morgan fingerprint density at radius 1 is 1.04 bits per heavy atom. The number of carbonyl (C=O) groups is 3. The Balaban J connectivity index is 1.96. The number of aryl methyl sites for hydroxylation is 2. The van der Waals surface area contributed by atoms with Gasteiger partial charge in [-0.1, -0.05) is 24.6 Å². The molecule has 0 atom stereocenters. The summed E-state index contributed by atoms with van der Waals surface area (Å²) in [6, 6.07) is 7.28. The monoisotopic (exact) mass is 386 g/mol. The lowest BCUT2D eigenvalue weighted by Gasteiger charge is -2.10. The quantitative estimate of drug-likeness (QED) is 0.779. The highest BCUT2D eigenvalue weighted by molar-refractivity contribution is 7.17. The van der Waals surface area contributed by atoms with Gasteiger partial charge in [-0.05, 0) is 49.8 Å². The summed E-state index contributed by atoms with van der Waals surface area (Å²) in [5, 5.41) is 5.59. The molecule has 2 N–H and O–H groups in total. The molecule has 142 valence electrons. The number of thiophene rings is 1. The Morgan fingerprint density at radius 3 is 2.52 bits per heavy atom. The van der Waals surface area contributed by atoms with Crippen molar-refractivity contribution in [2.24, 2.45) is 0 Å². The van der Waals surface area contributed by atoms with Crippen LogP contribution in [0.15, 0.2) is 24.3 Å². The van der Waals surface area contributed by atoms with Crippen LogP contribution in [0.1, 0.15) is 56.0 Å². The van der Waals surface area contributed by atoms with Crippen LogP contribution in [0.5, 0.6) is 0 Å². The molecular formula is C20H22N2O4S. The summed E-state index contributed by atoms with van der Waals surface area (Å²) >= 11 is 1.42. The van der Waals surface area contributed by atoms with Crippen LogP contribution in [-0.2, 0) is 17.6 Å². The summed E-state index contributed by atoms with van der Waals surface area (Å²) in [5.74, 6) is -0.807. The predicted octanol–water partition coefficient (Wildman–Crippen LogP) is 4.07. The molecule has 3 rings (SSSR count). The number of amides is 3. The first-order valence-corrected chi connectivity index (χ1v) is 9.73. The first kappa shape index (κ1) is 19.1. The third-order valence-corrected chi connectivity index (χ3v) is 5.87. The van der Waals surface area contributed by atoms with Crippen molar-refractivity contribution in [3.8, 4) is 0 Å². The zero-order valence-corrected chi connectivity index (χ0v) is 16.2. The molecule has 2 aromatic rings. The first-order valence-electron chi connectivity index (χ1n) is 8.92. The molecule has 0 saturated heterocycles. The van der Waals surface area contributed by atoms with E-state index in [0.717, 1.165) is 48.1 Å². The molecule has 0 bridgehead atoms. The fraction of sp³-hybridized carbons (Fsp3) is 0.350. The number of methoxy groups -OCH3 is 1. The number of hydrogen-bond donors (Lipinski definition) is 2. The smallest absolute Gasteiger partial charge is 0.413 e. The number of benzene rings is 1. The second kappa shape index (κ2) is 8.35. The highest BCUT2D eigenvalue weighted by atomic mass is 32.1. The first-order chi connectivity index (χ1) is 13.0. The number of rotatable bonds is 3. The fourth-order valence-electron chi connectivity index (χ4n) is 3.28. The Morgan fingerprint density at radius 2 is 1.78 bits per heavy atom. The zero-order valence-electron chi connectivity index (χ0n) is 15.4. The van der Waals surface area contributed by atoms with Crippen LogP contribution >= 0.6 is 11.3 Å². The van der Waals surface area contributed by atoms with Crippen molar-refractivity contribution in [2.75, 3.05) is 12.4 Å². The van der Waals surface area contributed by atoms with Gasteiger partial charge in [0.2, 0.25) is 0 Å². The summed E-state index contributed by atoms with van der Waals surface area (Å²) in [6.07, 6.45) is 3.95. The molecule has 0 fully saturated rings. The normalized spacial score (nSPS) is 13.3. The van der Waals surface area contributed by atoms with Crippen LogP contribution in [0.4, 0.5) is 9.80 Å². The predicted molar refractivity (Wildman–Crippen MR) is 105 cm³/mol. The molecule has 1 heterocycles. The lowest BCUT2D eigenvalue weighted by molar-refractivity contribution is 0.0937. The van der Waals surface area contributed by atoms with Gasteiger partial charge in [0.1, 0.15) is 5.00 Å². The van der Waals surface area contributed by atoms with E-state index in [2.05, 4.69) is 15.4 Å². The second-order valence-electron chi connectivity index (χ2n) is 6.48.